The highest BCUT2D eigenvalue weighted by atomic mass is 79.9. The first-order chi connectivity index (χ1) is 8.44. The maximum atomic E-state index is 11.0. The van der Waals surface area contributed by atoms with E-state index in [1.54, 1.807) is 6.20 Å². The Bertz CT molecular complexity index is 406. The second-order valence-corrected chi connectivity index (χ2v) is 6.72. The van der Waals surface area contributed by atoms with Gasteiger partial charge in [0.25, 0.3) is 0 Å². The summed E-state index contributed by atoms with van der Waals surface area (Å²) < 4.78 is 2.87. The van der Waals surface area contributed by atoms with E-state index in [0.717, 1.165) is 23.0 Å². The number of rotatable bonds is 3. The van der Waals surface area contributed by atoms with Crippen molar-refractivity contribution in [3.63, 3.8) is 0 Å². The van der Waals surface area contributed by atoms with E-state index in [1.165, 1.54) is 19.3 Å². The maximum absolute atomic E-state index is 11.0. The number of hydrogen-bond donors (Lipinski definition) is 1. The summed E-state index contributed by atoms with van der Waals surface area (Å²) in [5.74, 6) is 0.344. The van der Waals surface area contributed by atoms with Gasteiger partial charge in [0.05, 0.1) is 16.4 Å². The van der Waals surface area contributed by atoms with Gasteiger partial charge >= 0.3 is 0 Å². The van der Waals surface area contributed by atoms with Crippen molar-refractivity contribution in [2.45, 2.75) is 64.5 Å². The zero-order valence-corrected chi connectivity index (χ0v) is 13.1. The fraction of sp³-hybridized carbons (Fsp3) is 0.786. The van der Waals surface area contributed by atoms with Crippen LogP contribution in [0.25, 0.3) is 0 Å². The van der Waals surface area contributed by atoms with Gasteiger partial charge in [0.1, 0.15) is 5.60 Å². The van der Waals surface area contributed by atoms with E-state index in [2.05, 4.69) is 34.9 Å². The molecule has 1 fully saturated rings. The number of aromatic nitrogens is 2. The summed E-state index contributed by atoms with van der Waals surface area (Å²) >= 11 is 3.54. The predicted octanol–water partition coefficient (Wildman–Crippen LogP) is 4.01. The van der Waals surface area contributed by atoms with Gasteiger partial charge in [-0.1, -0.05) is 19.3 Å². The van der Waals surface area contributed by atoms with Crippen LogP contribution in [-0.4, -0.2) is 14.9 Å². The third-order valence-electron chi connectivity index (χ3n) is 4.12. The van der Waals surface area contributed by atoms with Gasteiger partial charge in [-0.05, 0) is 55.5 Å². The van der Waals surface area contributed by atoms with Crippen LogP contribution in [0.5, 0.6) is 0 Å². The standard InChI is InChI=1S/C14H23BrN2O/c1-10(2)17-13(12(15)9-16-17)14(3,18)11-7-5-4-6-8-11/h9-11,18H,4-8H2,1-3H3. The number of aliphatic hydroxyl groups is 1. The van der Waals surface area contributed by atoms with Gasteiger partial charge in [0.2, 0.25) is 0 Å². The Morgan fingerprint density at radius 1 is 1.39 bits per heavy atom. The molecular weight excluding hydrogens is 292 g/mol. The molecule has 1 N–H and O–H groups in total. The molecule has 1 saturated carbocycles. The van der Waals surface area contributed by atoms with E-state index < -0.39 is 5.60 Å². The molecule has 0 bridgehead atoms. The Labute approximate surface area is 118 Å². The van der Waals surface area contributed by atoms with Crippen LogP contribution >= 0.6 is 15.9 Å². The van der Waals surface area contributed by atoms with Crippen molar-refractivity contribution in [3.8, 4) is 0 Å². The molecule has 1 aromatic heterocycles. The zero-order valence-electron chi connectivity index (χ0n) is 11.5. The number of halogens is 1. The lowest BCUT2D eigenvalue weighted by atomic mass is 9.76. The van der Waals surface area contributed by atoms with E-state index in [9.17, 15) is 5.11 Å². The van der Waals surface area contributed by atoms with Gasteiger partial charge in [-0.2, -0.15) is 5.10 Å². The van der Waals surface area contributed by atoms with Gasteiger partial charge in [0, 0.05) is 6.04 Å². The predicted molar refractivity (Wildman–Crippen MR) is 76.5 cm³/mol. The minimum atomic E-state index is -0.792. The molecule has 3 nitrogen and oxygen atoms in total. The largest absolute Gasteiger partial charge is 0.384 e. The fourth-order valence-electron chi connectivity index (χ4n) is 3.06. The van der Waals surface area contributed by atoms with Crippen molar-refractivity contribution in [3.05, 3.63) is 16.4 Å². The molecule has 0 aliphatic heterocycles. The van der Waals surface area contributed by atoms with Crippen LogP contribution in [0.1, 0.15) is 64.6 Å². The van der Waals surface area contributed by atoms with Crippen molar-refractivity contribution in [1.82, 2.24) is 9.78 Å². The SMILES string of the molecule is CC(C)n1ncc(Br)c1C(C)(O)C1CCCCC1. The molecular formula is C14H23BrN2O. The highest BCUT2D eigenvalue weighted by Crippen LogP contribution is 2.42. The summed E-state index contributed by atoms with van der Waals surface area (Å²) in [6, 6.07) is 0.265. The van der Waals surface area contributed by atoms with Crippen LogP contribution in [0.2, 0.25) is 0 Å². The molecule has 0 saturated heterocycles. The summed E-state index contributed by atoms with van der Waals surface area (Å²) in [5.41, 5.74) is 0.143. The van der Waals surface area contributed by atoms with Gasteiger partial charge in [0.15, 0.2) is 0 Å². The van der Waals surface area contributed by atoms with Crippen LogP contribution in [-0.2, 0) is 5.60 Å². The Morgan fingerprint density at radius 3 is 2.56 bits per heavy atom. The highest BCUT2D eigenvalue weighted by Gasteiger charge is 2.39. The molecule has 18 heavy (non-hydrogen) atoms. The molecule has 4 heteroatoms. The van der Waals surface area contributed by atoms with E-state index in [-0.39, 0.29) is 6.04 Å². The molecule has 1 aromatic rings. The van der Waals surface area contributed by atoms with E-state index >= 15 is 0 Å². The van der Waals surface area contributed by atoms with Crippen molar-refractivity contribution in [2.24, 2.45) is 5.92 Å². The lowest BCUT2D eigenvalue weighted by Crippen LogP contribution is -2.36. The minimum absolute atomic E-state index is 0.265. The molecule has 1 aliphatic rings. The minimum Gasteiger partial charge on any atom is -0.384 e. The van der Waals surface area contributed by atoms with Crippen molar-refractivity contribution in [2.75, 3.05) is 0 Å². The average Bonchev–Trinajstić information content (AvgIpc) is 2.73. The molecule has 0 radical (unpaired) electrons. The third-order valence-corrected chi connectivity index (χ3v) is 4.70. The highest BCUT2D eigenvalue weighted by molar-refractivity contribution is 9.10. The first-order valence-corrected chi connectivity index (χ1v) is 7.69. The van der Waals surface area contributed by atoms with Crippen LogP contribution < -0.4 is 0 Å². The van der Waals surface area contributed by atoms with E-state index in [0.29, 0.717) is 5.92 Å². The Kier molecular flexibility index (Phi) is 4.17. The molecule has 0 amide bonds. The average molecular weight is 315 g/mol. The lowest BCUT2D eigenvalue weighted by molar-refractivity contribution is -0.0303. The quantitative estimate of drug-likeness (QED) is 0.915. The van der Waals surface area contributed by atoms with Gasteiger partial charge in [-0.3, -0.25) is 4.68 Å². The van der Waals surface area contributed by atoms with E-state index in [1.807, 2.05) is 11.6 Å². The van der Waals surface area contributed by atoms with Crippen LogP contribution in [0.4, 0.5) is 0 Å². The summed E-state index contributed by atoms with van der Waals surface area (Å²) in [6.45, 7) is 6.14. The normalized spacial score (nSPS) is 21.2. The Balaban J connectivity index is 2.36. The lowest BCUT2D eigenvalue weighted by Gasteiger charge is -2.36. The van der Waals surface area contributed by atoms with Crippen LogP contribution in [0, 0.1) is 5.92 Å². The number of nitrogens with zero attached hydrogens (tertiary/aromatic N) is 2. The summed E-state index contributed by atoms with van der Waals surface area (Å²) in [5, 5.41) is 15.4. The summed E-state index contributed by atoms with van der Waals surface area (Å²) in [6.07, 6.45) is 7.79. The molecule has 1 heterocycles. The maximum Gasteiger partial charge on any atom is 0.107 e. The Morgan fingerprint density at radius 2 is 2.00 bits per heavy atom. The smallest absolute Gasteiger partial charge is 0.107 e. The second-order valence-electron chi connectivity index (χ2n) is 5.86. The molecule has 1 unspecified atom stereocenters. The van der Waals surface area contributed by atoms with Gasteiger partial charge in [-0.25, -0.2) is 0 Å². The van der Waals surface area contributed by atoms with Crippen molar-refractivity contribution >= 4 is 15.9 Å². The first kappa shape index (κ1) is 14.1. The third kappa shape index (κ3) is 2.50. The second kappa shape index (κ2) is 5.33. The monoisotopic (exact) mass is 314 g/mol. The fourth-order valence-corrected chi connectivity index (χ4v) is 3.74. The molecule has 1 atom stereocenters. The molecule has 2 rings (SSSR count). The topological polar surface area (TPSA) is 38.0 Å². The number of hydrogen-bond acceptors (Lipinski definition) is 2. The molecule has 0 spiro atoms. The van der Waals surface area contributed by atoms with Crippen molar-refractivity contribution < 1.29 is 5.11 Å². The molecule has 1 aliphatic carbocycles. The van der Waals surface area contributed by atoms with E-state index in [4.69, 9.17) is 0 Å². The molecule has 102 valence electrons. The first-order valence-electron chi connectivity index (χ1n) is 6.90. The van der Waals surface area contributed by atoms with Gasteiger partial charge < -0.3 is 5.11 Å². The van der Waals surface area contributed by atoms with Crippen molar-refractivity contribution in [1.29, 1.82) is 0 Å². The summed E-state index contributed by atoms with van der Waals surface area (Å²) in [4.78, 5) is 0. The summed E-state index contributed by atoms with van der Waals surface area (Å²) in [7, 11) is 0. The van der Waals surface area contributed by atoms with Crippen LogP contribution in [0.15, 0.2) is 10.7 Å². The Hall–Kier alpha value is -0.350. The molecule has 0 aromatic carbocycles. The van der Waals surface area contributed by atoms with Crippen LogP contribution in [0.3, 0.4) is 0 Å². The van der Waals surface area contributed by atoms with Gasteiger partial charge in [-0.15, -0.1) is 0 Å². The zero-order chi connectivity index (χ0) is 13.3.